The van der Waals surface area contributed by atoms with Crippen molar-refractivity contribution in [1.82, 2.24) is 9.38 Å². The minimum absolute atomic E-state index is 0.650. The third-order valence-corrected chi connectivity index (χ3v) is 3.16. The molecular formula is C14H19N3O. The Morgan fingerprint density at radius 1 is 1.39 bits per heavy atom. The summed E-state index contributed by atoms with van der Waals surface area (Å²) in [5, 5.41) is 0. The summed E-state index contributed by atoms with van der Waals surface area (Å²) in [7, 11) is 0. The standard InChI is InChI=1S/C14H19N3O/c1-5-12-14(16(6-2)9-18)17-8-10(3)7-11(4)13(17)15-12/h7-9H,5-6H2,1-4H3. The minimum atomic E-state index is 0.650. The molecule has 0 atom stereocenters. The second kappa shape index (κ2) is 4.80. The van der Waals surface area contributed by atoms with Crippen LogP contribution in [0.2, 0.25) is 0 Å². The molecule has 1 amide bonds. The van der Waals surface area contributed by atoms with Crippen LogP contribution in [0.15, 0.2) is 12.3 Å². The van der Waals surface area contributed by atoms with Gasteiger partial charge >= 0.3 is 0 Å². The van der Waals surface area contributed by atoms with E-state index in [-0.39, 0.29) is 0 Å². The van der Waals surface area contributed by atoms with Gasteiger partial charge in [0.15, 0.2) is 0 Å². The molecule has 2 aromatic heterocycles. The zero-order valence-electron chi connectivity index (χ0n) is 11.4. The van der Waals surface area contributed by atoms with E-state index in [0.717, 1.165) is 35.6 Å². The molecule has 0 N–H and O–H groups in total. The van der Waals surface area contributed by atoms with Crippen molar-refractivity contribution in [2.45, 2.75) is 34.1 Å². The number of carbonyl (C=O) groups excluding carboxylic acids is 1. The molecule has 0 saturated carbocycles. The van der Waals surface area contributed by atoms with Crippen molar-refractivity contribution in [1.29, 1.82) is 0 Å². The summed E-state index contributed by atoms with van der Waals surface area (Å²) in [5.74, 6) is 0.900. The van der Waals surface area contributed by atoms with Gasteiger partial charge in [-0.2, -0.15) is 0 Å². The van der Waals surface area contributed by atoms with E-state index in [0.29, 0.717) is 6.54 Å². The van der Waals surface area contributed by atoms with E-state index < -0.39 is 0 Å². The minimum Gasteiger partial charge on any atom is -0.299 e. The molecule has 0 fully saturated rings. The Hall–Kier alpha value is -1.84. The number of hydrogen-bond donors (Lipinski definition) is 0. The molecule has 2 rings (SSSR count). The second-order valence-electron chi connectivity index (χ2n) is 4.52. The predicted octanol–water partition coefficient (Wildman–Crippen LogP) is 2.50. The molecule has 0 aliphatic heterocycles. The van der Waals surface area contributed by atoms with Crippen molar-refractivity contribution >= 4 is 17.9 Å². The largest absolute Gasteiger partial charge is 0.299 e. The van der Waals surface area contributed by atoms with Crippen molar-refractivity contribution in [3.05, 3.63) is 29.1 Å². The third kappa shape index (κ3) is 1.88. The topological polar surface area (TPSA) is 37.6 Å². The molecule has 4 nitrogen and oxygen atoms in total. The number of carbonyl (C=O) groups is 1. The van der Waals surface area contributed by atoms with Gasteiger partial charge in [0.1, 0.15) is 11.5 Å². The molecule has 0 unspecified atom stereocenters. The summed E-state index contributed by atoms with van der Waals surface area (Å²) in [6, 6.07) is 2.11. The molecule has 0 bridgehead atoms. The molecule has 0 radical (unpaired) electrons. The first-order chi connectivity index (χ1) is 8.62. The monoisotopic (exact) mass is 245 g/mol. The number of pyridine rings is 1. The van der Waals surface area contributed by atoms with Crippen molar-refractivity contribution in [2.24, 2.45) is 0 Å². The molecule has 0 aliphatic rings. The van der Waals surface area contributed by atoms with E-state index in [1.54, 1.807) is 4.90 Å². The van der Waals surface area contributed by atoms with Crippen molar-refractivity contribution in [2.75, 3.05) is 11.4 Å². The molecule has 0 saturated heterocycles. The Bertz CT molecular complexity index is 586. The van der Waals surface area contributed by atoms with E-state index >= 15 is 0 Å². The number of rotatable bonds is 4. The zero-order valence-corrected chi connectivity index (χ0v) is 11.4. The molecule has 0 aromatic carbocycles. The molecule has 96 valence electrons. The Labute approximate surface area is 107 Å². The summed E-state index contributed by atoms with van der Waals surface area (Å²) >= 11 is 0. The maximum atomic E-state index is 11.2. The number of anilines is 1. The van der Waals surface area contributed by atoms with Crippen LogP contribution in [0.25, 0.3) is 5.65 Å². The van der Waals surface area contributed by atoms with E-state index in [4.69, 9.17) is 0 Å². The van der Waals surface area contributed by atoms with Gasteiger partial charge in [-0.05, 0) is 38.3 Å². The van der Waals surface area contributed by atoms with E-state index in [1.807, 2.05) is 17.5 Å². The van der Waals surface area contributed by atoms with Gasteiger partial charge in [0, 0.05) is 12.7 Å². The van der Waals surface area contributed by atoms with Crippen LogP contribution in [-0.2, 0) is 11.2 Å². The first-order valence-electron chi connectivity index (χ1n) is 6.32. The Kier molecular flexibility index (Phi) is 3.36. The average molecular weight is 245 g/mol. The highest BCUT2D eigenvalue weighted by atomic mass is 16.1. The maximum Gasteiger partial charge on any atom is 0.215 e. The van der Waals surface area contributed by atoms with Crippen molar-refractivity contribution in [3.63, 3.8) is 0 Å². The van der Waals surface area contributed by atoms with Crippen LogP contribution in [0.1, 0.15) is 30.7 Å². The average Bonchev–Trinajstić information content (AvgIpc) is 2.70. The zero-order chi connectivity index (χ0) is 13.3. The van der Waals surface area contributed by atoms with Gasteiger partial charge in [-0.15, -0.1) is 0 Å². The number of amides is 1. The highest BCUT2D eigenvalue weighted by Crippen LogP contribution is 2.25. The number of fused-ring (bicyclic) bond motifs is 1. The van der Waals surface area contributed by atoms with Crippen LogP contribution in [0.4, 0.5) is 5.82 Å². The van der Waals surface area contributed by atoms with Gasteiger partial charge in [-0.25, -0.2) is 4.98 Å². The molecule has 0 aliphatic carbocycles. The van der Waals surface area contributed by atoms with Crippen molar-refractivity contribution < 1.29 is 4.79 Å². The summed E-state index contributed by atoms with van der Waals surface area (Å²) < 4.78 is 2.03. The lowest BCUT2D eigenvalue weighted by Crippen LogP contribution is -2.23. The highest BCUT2D eigenvalue weighted by Gasteiger charge is 2.17. The van der Waals surface area contributed by atoms with Crippen LogP contribution in [-0.4, -0.2) is 22.3 Å². The van der Waals surface area contributed by atoms with Crippen LogP contribution >= 0.6 is 0 Å². The van der Waals surface area contributed by atoms with Gasteiger partial charge in [0.25, 0.3) is 0 Å². The molecule has 0 spiro atoms. The van der Waals surface area contributed by atoms with Gasteiger partial charge in [0.05, 0.1) is 5.69 Å². The first kappa shape index (κ1) is 12.6. The Balaban J connectivity index is 2.79. The number of hydrogen-bond acceptors (Lipinski definition) is 2. The first-order valence-corrected chi connectivity index (χ1v) is 6.32. The normalized spacial score (nSPS) is 10.9. The fraction of sp³-hybridized carbons (Fsp3) is 0.429. The smallest absolute Gasteiger partial charge is 0.215 e. The fourth-order valence-corrected chi connectivity index (χ4v) is 2.33. The Morgan fingerprint density at radius 2 is 2.11 bits per heavy atom. The van der Waals surface area contributed by atoms with Crippen LogP contribution in [0, 0.1) is 13.8 Å². The lowest BCUT2D eigenvalue weighted by molar-refractivity contribution is -0.107. The quantitative estimate of drug-likeness (QED) is 0.776. The Morgan fingerprint density at radius 3 is 2.67 bits per heavy atom. The van der Waals surface area contributed by atoms with Crippen LogP contribution in [0.5, 0.6) is 0 Å². The summed E-state index contributed by atoms with van der Waals surface area (Å²) in [5.41, 5.74) is 4.21. The lowest BCUT2D eigenvalue weighted by atomic mass is 10.2. The fourth-order valence-electron chi connectivity index (χ4n) is 2.33. The molecule has 2 aromatic rings. The summed E-state index contributed by atoms with van der Waals surface area (Å²) in [6.45, 7) is 8.79. The van der Waals surface area contributed by atoms with Gasteiger partial charge in [-0.3, -0.25) is 14.1 Å². The summed E-state index contributed by atoms with van der Waals surface area (Å²) in [6.07, 6.45) is 3.73. The number of imidazole rings is 1. The van der Waals surface area contributed by atoms with E-state index in [1.165, 1.54) is 5.56 Å². The highest BCUT2D eigenvalue weighted by molar-refractivity contribution is 5.77. The number of nitrogens with zero attached hydrogens (tertiary/aromatic N) is 3. The van der Waals surface area contributed by atoms with Crippen LogP contribution in [0.3, 0.4) is 0 Å². The van der Waals surface area contributed by atoms with Gasteiger partial charge < -0.3 is 0 Å². The maximum absolute atomic E-state index is 11.2. The molecule has 18 heavy (non-hydrogen) atoms. The van der Waals surface area contributed by atoms with Crippen LogP contribution < -0.4 is 4.90 Å². The SMILES string of the molecule is CCc1nc2c(C)cc(C)cn2c1N(C=O)CC. The molecule has 4 heteroatoms. The van der Waals surface area contributed by atoms with Gasteiger partial charge in [-0.1, -0.05) is 13.0 Å². The van der Waals surface area contributed by atoms with E-state index in [9.17, 15) is 4.79 Å². The molecule has 2 heterocycles. The van der Waals surface area contributed by atoms with Gasteiger partial charge in [0.2, 0.25) is 6.41 Å². The third-order valence-electron chi connectivity index (χ3n) is 3.16. The predicted molar refractivity (Wildman–Crippen MR) is 73.1 cm³/mol. The van der Waals surface area contributed by atoms with Crippen molar-refractivity contribution in [3.8, 4) is 0 Å². The second-order valence-corrected chi connectivity index (χ2v) is 4.52. The molecular weight excluding hydrogens is 226 g/mol. The summed E-state index contributed by atoms with van der Waals surface area (Å²) in [4.78, 5) is 17.6. The number of aryl methyl sites for hydroxylation is 3. The number of aromatic nitrogens is 2. The lowest BCUT2D eigenvalue weighted by Gasteiger charge is -2.16. The van der Waals surface area contributed by atoms with E-state index in [2.05, 4.69) is 31.8 Å².